The van der Waals surface area contributed by atoms with Crippen LogP contribution in [-0.4, -0.2) is 17.6 Å². The summed E-state index contributed by atoms with van der Waals surface area (Å²) in [5.74, 6) is -0.310. The number of anilines is 2. The molecule has 4 aromatic carbocycles. The summed E-state index contributed by atoms with van der Waals surface area (Å²) in [5, 5.41) is 14.9. The first kappa shape index (κ1) is 23.8. The molecular formula is C29H23N3O2S. The van der Waals surface area contributed by atoms with E-state index in [-0.39, 0.29) is 17.6 Å². The number of nitriles is 1. The molecular weight excluding hydrogens is 454 g/mol. The van der Waals surface area contributed by atoms with E-state index in [0.29, 0.717) is 28.1 Å². The van der Waals surface area contributed by atoms with E-state index in [1.807, 2.05) is 60.7 Å². The minimum absolute atomic E-state index is 0.131. The maximum absolute atomic E-state index is 13.2. The topological polar surface area (TPSA) is 82.0 Å². The van der Waals surface area contributed by atoms with E-state index in [2.05, 4.69) is 28.8 Å². The molecule has 0 saturated carbocycles. The van der Waals surface area contributed by atoms with Gasteiger partial charge in [-0.05, 0) is 53.9 Å². The normalized spacial score (nSPS) is 10.3. The van der Waals surface area contributed by atoms with E-state index < -0.39 is 0 Å². The molecule has 0 aromatic heterocycles. The molecule has 0 fully saturated rings. The molecule has 0 atom stereocenters. The molecule has 5 nitrogen and oxygen atoms in total. The van der Waals surface area contributed by atoms with Crippen LogP contribution in [0.5, 0.6) is 0 Å². The molecule has 0 aliphatic heterocycles. The van der Waals surface area contributed by atoms with Crippen LogP contribution in [0.2, 0.25) is 0 Å². The van der Waals surface area contributed by atoms with E-state index in [1.54, 1.807) is 30.3 Å². The van der Waals surface area contributed by atoms with Crippen molar-refractivity contribution >= 4 is 35.0 Å². The number of hydrogen-bond acceptors (Lipinski definition) is 4. The molecule has 0 saturated heterocycles. The largest absolute Gasteiger partial charge is 0.325 e. The Hall–Kier alpha value is -4.34. The number of nitrogens with one attached hydrogen (secondary N) is 2. The monoisotopic (exact) mass is 477 g/mol. The first-order valence-electron chi connectivity index (χ1n) is 11.1. The van der Waals surface area contributed by atoms with Gasteiger partial charge in [-0.15, -0.1) is 11.8 Å². The summed E-state index contributed by atoms with van der Waals surface area (Å²) in [7, 11) is 0. The highest BCUT2D eigenvalue weighted by molar-refractivity contribution is 8.00. The standard InChI is InChI=1S/C29H23N3O2S/c30-19-22-11-8-13-24(18-22)31-28(33)20-35-27-16-7-5-14-25(27)29(34)32-26-15-6-4-12-23(26)17-21-9-2-1-3-10-21/h1-16,18H,17,20H2,(H,31,33)(H,32,34). The van der Waals surface area contributed by atoms with Gasteiger partial charge in [-0.2, -0.15) is 5.26 Å². The van der Waals surface area contributed by atoms with Gasteiger partial charge in [0.25, 0.3) is 5.91 Å². The summed E-state index contributed by atoms with van der Waals surface area (Å²) in [4.78, 5) is 26.4. The molecule has 0 aliphatic carbocycles. The van der Waals surface area contributed by atoms with Gasteiger partial charge in [-0.3, -0.25) is 9.59 Å². The Balaban J connectivity index is 1.43. The highest BCUT2D eigenvalue weighted by atomic mass is 32.2. The summed E-state index contributed by atoms with van der Waals surface area (Å²) < 4.78 is 0. The Morgan fingerprint density at radius 1 is 0.800 bits per heavy atom. The van der Waals surface area contributed by atoms with Crippen LogP contribution >= 0.6 is 11.8 Å². The number of hydrogen-bond donors (Lipinski definition) is 2. The first-order valence-corrected chi connectivity index (χ1v) is 12.1. The summed E-state index contributed by atoms with van der Waals surface area (Å²) in [6.07, 6.45) is 0.709. The molecule has 2 amide bonds. The summed E-state index contributed by atoms with van der Waals surface area (Å²) in [5.41, 5.74) is 4.50. The lowest BCUT2D eigenvalue weighted by Gasteiger charge is -2.13. The molecule has 4 rings (SSSR count). The molecule has 6 heteroatoms. The Kier molecular flexibility index (Phi) is 7.95. The second-order valence-electron chi connectivity index (χ2n) is 7.80. The van der Waals surface area contributed by atoms with Crippen molar-refractivity contribution in [1.29, 1.82) is 5.26 Å². The van der Waals surface area contributed by atoms with Crippen LogP contribution in [0, 0.1) is 11.3 Å². The maximum Gasteiger partial charge on any atom is 0.256 e. The van der Waals surface area contributed by atoms with E-state index in [0.717, 1.165) is 16.8 Å². The van der Waals surface area contributed by atoms with E-state index >= 15 is 0 Å². The molecule has 0 bridgehead atoms. The van der Waals surface area contributed by atoms with E-state index in [4.69, 9.17) is 5.26 Å². The lowest BCUT2D eigenvalue weighted by Crippen LogP contribution is -2.16. The molecule has 0 spiro atoms. The van der Waals surface area contributed by atoms with Crippen molar-refractivity contribution in [2.24, 2.45) is 0 Å². The van der Waals surface area contributed by atoms with Gasteiger partial charge < -0.3 is 10.6 Å². The van der Waals surface area contributed by atoms with Gasteiger partial charge in [-0.25, -0.2) is 0 Å². The summed E-state index contributed by atoms with van der Waals surface area (Å²) >= 11 is 1.29. The van der Waals surface area contributed by atoms with Crippen LogP contribution in [0.25, 0.3) is 0 Å². The predicted octanol–water partition coefficient (Wildman–Crippen LogP) is 6.13. The highest BCUT2D eigenvalue weighted by Gasteiger charge is 2.15. The van der Waals surface area contributed by atoms with Gasteiger partial charge in [0, 0.05) is 16.3 Å². The van der Waals surface area contributed by atoms with Crippen molar-refractivity contribution in [1.82, 2.24) is 0 Å². The first-order chi connectivity index (χ1) is 17.1. The van der Waals surface area contributed by atoms with Crippen molar-refractivity contribution in [2.45, 2.75) is 11.3 Å². The van der Waals surface area contributed by atoms with Gasteiger partial charge >= 0.3 is 0 Å². The quantitative estimate of drug-likeness (QED) is 0.299. The van der Waals surface area contributed by atoms with Crippen LogP contribution in [0.1, 0.15) is 27.0 Å². The minimum Gasteiger partial charge on any atom is -0.325 e. The molecule has 0 heterocycles. The number of nitrogens with zero attached hydrogens (tertiary/aromatic N) is 1. The third kappa shape index (κ3) is 6.59. The Labute approximate surface area is 208 Å². The van der Waals surface area contributed by atoms with Gasteiger partial charge in [0.15, 0.2) is 0 Å². The molecule has 0 aliphatic rings. The SMILES string of the molecule is N#Cc1cccc(NC(=O)CSc2ccccc2C(=O)Nc2ccccc2Cc2ccccc2)c1. The molecule has 0 unspecified atom stereocenters. The van der Waals surface area contributed by atoms with Crippen molar-refractivity contribution < 1.29 is 9.59 Å². The van der Waals surface area contributed by atoms with Crippen LogP contribution in [-0.2, 0) is 11.2 Å². The van der Waals surface area contributed by atoms with E-state index in [1.165, 1.54) is 11.8 Å². The number of carbonyl (C=O) groups excluding carboxylic acids is 2. The fraction of sp³-hybridized carbons (Fsp3) is 0.0690. The average Bonchev–Trinajstić information content (AvgIpc) is 2.89. The smallest absolute Gasteiger partial charge is 0.256 e. The van der Waals surface area contributed by atoms with Gasteiger partial charge in [0.1, 0.15) is 0 Å². The van der Waals surface area contributed by atoms with Crippen molar-refractivity contribution in [3.8, 4) is 6.07 Å². The number of amides is 2. The van der Waals surface area contributed by atoms with Gasteiger partial charge in [0.2, 0.25) is 5.91 Å². The van der Waals surface area contributed by atoms with Crippen LogP contribution in [0.3, 0.4) is 0 Å². The lowest BCUT2D eigenvalue weighted by atomic mass is 10.0. The van der Waals surface area contributed by atoms with Crippen LogP contribution in [0.4, 0.5) is 11.4 Å². The van der Waals surface area contributed by atoms with Crippen molar-refractivity contribution in [2.75, 3.05) is 16.4 Å². The maximum atomic E-state index is 13.2. The Bertz CT molecular complexity index is 1380. The molecule has 0 radical (unpaired) electrons. The number of para-hydroxylation sites is 1. The zero-order chi connectivity index (χ0) is 24.5. The third-order valence-corrected chi connectivity index (χ3v) is 6.34. The Morgan fingerprint density at radius 2 is 1.54 bits per heavy atom. The van der Waals surface area contributed by atoms with Crippen molar-refractivity contribution in [3.63, 3.8) is 0 Å². The molecule has 172 valence electrons. The number of benzene rings is 4. The molecule has 2 N–H and O–H groups in total. The fourth-order valence-electron chi connectivity index (χ4n) is 3.59. The van der Waals surface area contributed by atoms with E-state index in [9.17, 15) is 9.59 Å². The average molecular weight is 478 g/mol. The second-order valence-corrected chi connectivity index (χ2v) is 8.82. The molecule has 4 aromatic rings. The number of carbonyl (C=O) groups is 2. The lowest BCUT2D eigenvalue weighted by molar-refractivity contribution is -0.113. The van der Waals surface area contributed by atoms with Crippen LogP contribution in [0.15, 0.2) is 108 Å². The number of thioether (sulfide) groups is 1. The highest BCUT2D eigenvalue weighted by Crippen LogP contribution is 2.25. The third-order valence-electron chi connectivity index (χ3n) is 5.27. The molecule has 35 heavy (non-hydrogen) atoms. The van der Waals surface area contributed by atoms with Gasteiger partial charge in [-0.1, -0.05) is 66.7 Å². The Morgan fingerprint density at radius 3 is 2.37 bits per heavy atom. The second kappa shape index (κ2) is 11.7. The number of rotatable bonds is 8. The fourth-order valence-corrected chi connectivity index (χ4v) is 4.44. The van der Waals surface area contributed by atoms with Gasteiger partial charge in [0.05, 0.1) is 22.9 Å². The minimum atomic E-state index is -0.226. The van der Waals surface area contributed by atoms with Crippen LogP contribution < -0.4 is 10.6 Å². The zero-order valence-corrected chi connectivity index (χ0v) is 19.7. The van der Waals surface area contributed by atoms with Crippen molar-refractivity contribution in [3.05, 3.63) is 125 Å². The summed E-state index contributed by atoms with van der Waals surface area (Å²) in [6, 6.07) is 33.9. The predicted molar refractivity (Wildman–Crippen MR) is 141 cm³/mol. The summed E-state index contributed by atoms with van der Waals surface area (Å²) in [6.45, 7) is 0. The zero-order valence-electron chi connectivity index (χ0n) is 18.9.